The van der Waals surface area contributed by atoms with Gasteiger partial charge in [-0.15, -0.1) is 0 Å². The average Bonchev–Trinajstić information content (AvgIpc) is 2.29. The van der Waals surface area contributed by atoms with Gasteiger partial charge in [0.2, 0.25) is 0 Å². The van der Waals surface area contributed by atoms with Crippen molar-refractivity contribution in [3.05, 3.63) is 30.6 Å². The summed E-state index contributed by atoms with van der Waals surface area (Å²) in [6.45, 7) is 1.85. The number of aromatic nitrogens is 1. The van der Waals surface area contributed by atoms with E-state index in [1.54, 1.807) is 30.6 Å². The van der Waals surface area contributed by atoms with E-state index in [1.165, 1.54) is 0 Å². The van der Waals surface area contributed by atoms with Gasteiger partial charge >= 0.3 is 0 Å². The molecule has 0 bridgehead atoms. The lowest BCUT2D eigenvalue weighted by Crippen LogP contribution is -2.07. The number of nitrogens with zero attached hydrogens (tertiary/aromatic N) is 1. The molecule has 0 unspecified atom stereocenters. The number of sulfone groups is 1. The van der Waals surface area contributed by atoms with Crippen LogP contribution in [0.3, 0.4) is 0 Å². The lowest BCUT2D eigenvalue weighted by Gasteiger charge is -2.08. The fraction of sp³-hybridized carbons (Fsp3) is 0.250. The first-order valence-corrected chi connectivity index (χ1v) is 7.06. The third-order valence-corrected chi connectivity index (χ3v) is 4.59. The van der Waals surface area contributed by atoms with E-state index in [-0.39, 0.29) is 5.75 Å². The molecule has 2 rings (SSSR count). The Labute approximate surface area is 100 Å². The molecule has 5 heteroatoms. The van der Waals surface area contributed by atoms with Gasteiger partial charge in [-0.2, -0.15) is 0 Å². The second-order valence-corrected chi connectivity index (χ2v) is 5.97. The monoisotopic (exact) mass is 250 g/mol. The maximum atomic E-state index is 12.1. The van der Waals surface area contributed by atoms with Crippen LogP contribution in [0.25, 0.3) is 10.8 Å². The van der Waals surface area contributed by atoms with Crippen molar-refractivity contribution in [1.29, 1.82) is 0 Å². The molecule has 0 atom stereocenters. The zero-order chi connectivity index (χ0) is 12.5. The minimum absolute atomic E-state index is 0.147. The Hall–Kier alpha value is -1.62. The van der Waals surface area contributed by atoms with Crippen molar-refractivity contribution >= 4 is 26.3 Å². The molecule has 1 aromatic heterocycles. The second kappa shape index (κ2) is 4.33. The highest BCUT2D eigenvalue weighted by Crippen LogP contribution is 2.27. The summed E-state index contributed by atoms with van der Waals surface area (Å²) in [7, 11) is -3.24. The number of rotatable bonds is 3. The number of nitrogen functional groups attached to an aromatic ring is 1. The molecule has 17 heavy (non-hydrogen) atoms. The summed E-state index contributed by atoms with van der Waals surface area (Å²) in [6, 6.07) is 4.88. The van der Waals surface area contributed by atoms with Crippen molar-refractivity contribution in [3.63, 3.8) is 0 Å². The molecular formula is C12H14N2O2S. The zero-order valence-electron chi connectivity index (χ0n) is 9.55. The minimum Gasteiger partial charge on any atom is -0.398 e. The van der Waals surface area contributed by atoms with Crippen LogP contribution in [0.4, 0.5) is 5.69 Å². The van der Waals surface area contributed by atoms with Crippen LogP contribution in [0.15, 0.2) is 35.5 Å². The maximum Gasteiger partial charge on any atom is 0.178 e. The number of pyridine rings is 1. The highest BCUT2D eigenvalue weighted by Gasteiger charge is 2.17. The molecule has 0 fully saturated rings. The Bertz CT molecular complexity index is 651. The van der Waals surface area contributed by atoms with Crippen molar-refractivity contribution in [1.82, 2.24) is 4.98 Å². The van der Waals surface area contributed by atoms with Crippen LogP contribution < -0.4 is 5.73 Å². The Balaban J connectivity index is 2.76. The van der Waals surface area contributed by atoms with Gasteiger partial charge in [0.25, 0.3) is 0 Å². The normalized spacial score (nSPS) is 11.8. The standard InChI is InChI=1S/C12H14N2O2S/c1-2-7-17(15,16)12-4-3-11(13)10-8-14-6-5-9(10)12/h3-6,8H,2,7,13H2,1H3. The predicted octanol–water partition coefficient (Wildman–Crippen LogP) is 2.00. The van der Waals surface area contributed by atoms with Crippen LogP contribution in [0.1, 0.15) is 13.3 Å². The number of hydrogen-bond donors (Lipinski definition) is 1. The van der Waals surface area contributed by atoms with Crippen LogP contribution in [-0.2, 0) is 9.84 Å². The molecular weight excluding hydrogens is 236 g/mol. The van der Waals surface area contributed by atoms with Crippen molar-refractivity contribution in [2.24, 2.45) is 0 Å². The van der Waals surface area contributed by atoms with E-state index in [0.717, 1.165) is 0 Å². The van der Waals surface area contributed by atoms with Crippen LogP contribution in [0.2, 0.25) is 0 Å². The molecule has 0 aliphatic rings. The Morgan fingerprint density at radius 2 is 2.00 bits per heavy atom. The first-order chi connectivity index (χ1) is 8.06. The van der Waals surface area contributed by atoms with E-state index in [1.807, 2.05) is 6.92 Å². The predicted molar refractivity (Wildman–Crippen MR) is 68.5 cm³/mol. The number of nitrogens with two attached hydrogens (primary N) is 1. The zero-order valence-corrected chi connectivity index (χ0v) is 10.4. The average molecular weight is 250 g/mol. The van der Waals surface area contributed by atoms with Crippen LogP contribution >= 0.6 is 0 Å². The summed E-state index contributed by atoms with van der Waals surface area (Å²) in [4.78, 5) is 4.31. The van der Waals surface area contributed by atoms with Crippen molar-refractivity contribution in [2.75, 3.05) is 11.5 Å². The lowest BCUT2D eigenvalue weighted by atomic mass is 10.1. The summed E-state index contributed by atoms with van der Waals surface area (Å²) in [6.07, 6.45) is 3.77. The largest absolute Gasteiger partial charge is 0.398 e. The highest BCUT2D eigenvalue weighted by atomic mass is 32.2. The number of fused-ring (bicyclic) bond motifs is 1. The van der Waals surface area contributed by atoms with E-state index >= 15 is 0 Å². The quantitative estimate of drug-likeness (QED) is 0.846. The number of anilines is 1. The van der Waals surface area contributed by atoms with Gasteiger partial charge in [-0.05, 0) is 24.6 Å². The van der Waals surface area contributed by atoms with Gasteiger partial charge in [0.15, 0.2) is 9.84 Å². The third kappa shape index (κ3) is 2.10. The van der Waals surface area contributed by atoms with E-state index < -0.39 is 9.84 Å². The number of hydrogen-bond acceptors (Lipinski definition) is 4. The van der Waals surface area contributed by atoms with Crippen LogP contribution in [-0.4, -0.2) is 19.2 Å². The molecule has 0 saturated heterocycles. The first kappa shape index (κ1) is 11.9. The smallest absolute Gasteiger partial charge is 0.178 e. The first-order valence-electron chi connectivity index (χ1n) is 5.41. The summed E-state index contributed by atoms with van der Waals surface area (Å²) in [5.74, 6) is 0.147. The minimum atomic E-state index is -3.24. The van der Waals surface area contributed by atoms with Crippen molar-refractivity contribution in [2.45, 2.75) is 18.2 Å². The van der Waals surface area contributed by atoms with E-state index in [4.69, 9.17) is 5.73 Å². The van der Waals surface area contributed by atoms with Gasteiger partial charge in [0, 0.05) is 28.9 Å². The fourth-order valence-corrected chi connectivity index (χ4v) is 3.38. The Morgan fingerprint density at radius 3 is 2.71 bits per heavy atom. The van der Waals surface area contributed by atoms with Crippen molar-refractivity contribution < 1.29 is 8.42 Å². The van der Waals surface area contributed by atoms with Gasteiger partial charge in [-0.3, -0.25) is 4.98 Å². The molecule has 2 N–H and O–H groups in total. The highest BCUT2D eigenvalue weighted by molar-refractivity contribution is 7.91. The fourth-order valence-electron chi connectivity index (χ4n) is 1.83. The van der Waals surface area contributed by atoms with Gasteiger partial charge in [-0.1, -0.05) is 6.92 Å². The SMILES string of the molecule is CCCS(=O)(=O)c1ccc(N)c2cnccc12. The molecule has 0 aliphatic heterocycles. The second-order valence-electron chi connectivity index (χ2n) is 3.89. The molecule has 0 aliphatic carbocycles. The van der Waals surface area contributed by atoms with E-state index in [9.17, 15) is 8.42 Å². The molecule has 4 nitrogen and oxygen atoms in total. The van der Waals surface area contributed by atoms with Gasteiger partial charge < -0.3 is 5.73 Å². The summed E-state index contributed by atoms with van der Waals surface area (Å²) >= 11 is 0. The topological polar surface area (TPSA) is 73.0 Å². The van der Waals surface area contributed by atoms with E-state index in [0.29, 0.717) is 27.8 Å². The molecule has 90 valence electrons. The Morgan fingerprint density at radius 1 is 1.24 bits per heavy atom. The van der Waals surface area contributed by atoms with E-state index in [2.05, 4.69) is 4.98 Å². The van der Waals surface area contributed by atoms with Crippen LogP contribution in [0.5, 0.6) is 0 Å². The van der Waals surface area contributed by atoms with Gasteiger partial charge in [-0.25, -0.2) is 8.42 Å². The Kier molecular flexibility index (Phi) is 3.02. The van der Waals surface area contributed by atoms with Crippen molar-refractivity contribution in [3.8, 4) is 0 Å². The molecule has 0 spiro atoms. The lowest BCUT2D eigenvalue weighted by molar-refractivity contribution is 0.595. The molecule has 2 aromatic rings. The van der Waals surface area contributed by atoms with Crippen LogP contribution in [0, 0.1) is 0 Å². The maximum absolute atomic E-state index is 12.1. The summed E-state index contributed by atoms with van der Waals surface area (Å²) in [5, 5.41) is 1.33. The third-order valence-electron chi connectivity index (χ3n) is 2.62. The molecule has 0 saturated carbocycles. The molecule has 1 heterocycles. The summed E-state index contributed by atoms with van der Waals surface area (Å²) in [5.41, 5.74) is 6.35. The molecule has 0 amide bonds. The summed E-state index contributed by atoms with van der Waals surface area (Å²) < 4.78 is 24.2. The number of benzene rings is 1. The van der Waals surface area contributed by atoms with Gasteiger partial charge in [0.1, 0.15) is 0 Å². The molecule has 0 radical (unpaired) electrons. The molecule has 1 aromatic carbocycles. The van der Waals surface area contributed by atoms with Gasteiger partial charge in [0.05, 0.1) is 10.6 Å².